The topological polar surface area (TPSA) is 107 Å². The summed E-state index contributed by atoms with van der Waals surface area (Å²) in [6, 6.07) is 4.56. The second-order valence-electron chi connectivity index (χ2n) is 3.76. The fourth-order valence-electron chi connectivity index (χ4n) is 1.57. The van der Waals surface area contributed by atoms with Crippen LogP contribution in [0.5, 0.6) is 5.75 Å². The number of aromatic nitrogens is 2. The molecule has 0 spiro atoms. The van der Waals surface area contributed by atoms with Crippen molar-refractivity contribution in [1.82, 2.24) is 10.2 Å². The van der Waals surface area contributed by atoms with E-state index in [9.17, 15) is 8.42 Å². The minimum atomic E-state index is -3.70. The zero-order valence-electron chi connectivity index (χ0n) is 10.7. The van der Waals surface area contributed by atoms with Gasteiger partial charge in [-0.15, -0.1) is 10.2 Å². The number of nitrogens with zero attached hydrogens (tertiary/aromatic N) is 2. The lowest BCUT2D eigenvalue weighted by molar-refractivity contribution is 0.336. The first-order chi connectivity index (χ1) is 9.56. The molecule has 0 saturated heterocycles. The Labute approximate surface area is 120 Å². The molecule has 3 N–H and O–H groups in total. The van der Waals surface area contributed by atoms with Gasteiger partial charge in [-0.3, -0.25) is 4.72 Å². The monoisotopic (exact) mass is 314 g/mol. The van der Waals surface area contributed by atoms with Gasteiger partial charge in [0.2, 0.25) is 5.13 Å². The first-order valence-electron chi connectivity index (χ1n) is 5.81. The lowest BCUT2D eigenvalue weighted by Crippen LogP contribution is -2.14. The van der Waals surface area contributed by atoms with Gasteiger partial charge >= 0.3 is 0 Å². The number of nitrogens with two attached hydrogens (primary N) is 1. The van der Waals surface area contributed by atoms with Gasteiger partial charge in [0.05, 0.1) is 11.5 Å². The van der Waals surface area contributed by atoms with Crippen molar-refractivity contribution in [2.75, 3.05) is 11.3 Å². The molecule has 0 unspecified atom stereocenters. The molecule has 0 bridgehead atoms. The van der Waals surface area contributed by atoms with Crippen LogP contribution in [0.2, 0.25) is 0 Å². The van der Waals surface area contributed by atoms with Gasteiger partial charge in [0.25, 0.3) is 10.0 Å². The summed E-state index contributed by atoms with van der Waals surface area (Å²) in [4.78, 5) is 0.108. The van der Waals surface area contributed by atoms with Crippen LogP contribution in [0.15, 0.2) is 28.6 Å². The highest BCUT2D eigenvalue weighted by Gasteiger charge is 2.17. The van der Waals surface area contributed by atoms with E-state index in [1.165, 1.54) is 17.6 Å². The first kappa shape index (κ1) is 14.7. The molecule has 7 nitrogen and oxygen atoms in total. The molecule has 0 atom stereocenters. The summed E-state index contributed by atoms with van der Waals surface area (Å²) in [7, 11) is -3.70. The Hall–Kier alpha value is -1.71. The number of nitrogens with one attached hydrogen (secondary N) is 1. The number of sulfonamides is 1. The predicted molar refractivity (Wildman–Crippen MR) is 76.2 cm³/mol. The third-order valence-corrected chi connectivity index (χ3v) is 4.52. The van der Waals surface area contributed by atoms with Crippen molar-refractivity contribution >= 4 is 26.5 Å². The molecule has 0 saturated carbocycles. The fourth-order valence-corrected chi connectivity index (χ4v) is 3.31. The molecule has 9 heteroatoms. The number of benzene rings is 1. The Bertz CT molecular complexity index is 671. The van der Waals surface area contributed by atoms with Gasteiger partial charge in [-0.2, -0.15) is 0 Å². The third kappa shape index (κ3) is 3.24. The van der Waals surface area contributed by atoms with E-state index in [-0.39, 0.29) is 16.6 Å². The summed E-state index contributed by atoms with van der Waals surface area (Å²) in [5.41, 5.74) is 7.69. The first-order valence-corrected chi connectivity index (χ1v) is 8.18. The van der Waals surface area contributed by atoms with Crippen LogP contribution in [-0.4, -0.2) is 25.2 Å². The molecule has 0 amide bonds. The van der Waals surface area contributed by atoms with E-state index in [1.807, 2.05) is 6.92 Å². The maximum atomic E-state index is 12.2. The Morgan fingerprint density at radius 2 is 2.25 bits per heavy atom. The maximum absolute atomic E-state index is 12.2. The average Bonchev–Trinajstić information content (AvgIpc) is 2.91. The van der Waals surface area contributed by atoms with E-state index in [1.54, 1.807) is 6.07 Å². The largest absolute Gasteiger partial charge is 0.494 e. The highest BCUT2D eigenvalue weighted by Crippen LogP contribution is 2.24. The molecule has 108 valence electrons. The van der Waals surface area contributed by atoms with E-state index in [0.29, 0.717) is 17.9 Å². The van der Waals surface area contributed by atoms with Gasteiger partial charge in [0.15, 0.2) is 0 Å². The standard InChI is InChI=1S/C11H14N4O3S2/c1-2-18-10-4-3-9(5-8(10)6-12)20(16,17)15-11-14-13-7-19-11/h3-5,7H,2,6,12H2,1H3,(H,14,15). The molecule has 20 heavy (non-hydrogen) atoms. The van der Waals surface area contributed by atoms with Gasteiger partial charge in [0, 0.05) is 12.1 Å². The Kier molecular flexibility index (Phi) is 4.53. The smallest absolute Gasteiger partial charge is 0.263 e. The van der Waals surface area contributed by atoms with Gasteiger partial charge < -0.3 is 10.5 Å². The Balaban J connectivity index is 2.32. The molecule has 2 rings (SSSR count). The Morgan fingerprint density at radius 3 is 2.85 bits per heavy atom. The van der Waals surface area contributed by atoms with Gasteiger partial charge in [-0.1, -0.05) is 11.3 Å². The lowest BCUT2D eigenvalue weighted by Gasteiger charge is -2.11. The number of anilines is 1. The molecule has 0 aliphatic carbocycles. The minimum absolute atomic E-state index is 0.108. The Morgan fingerprint density at radius 1 is 1.45 bits per heavy atom. The van der Waals surface area contributed by atoms with Crippen molar-refractivity contribution in [3.8, 4) is 5.75 Å². The van der Waals surface area contributed by atoms with Crippen molar-refractivity contribution in [3.63, 3.8) is 0 Å². The summed E-state index contributed by atoms with van der Waals surface area (Å²) in [6.45, 7) is 2.53. The van der Waals surface area contributed by atoms with Crippen molar-refractivity contribution in [1.29, 1.82) is 0 Å². The highest BCUT2D eigenvalue weighted by molar-refractivity contribution is 7.93. The molecule has 0 fully saturated rings. The molecule has 0 radical (unpaired) electrons. The lowest BCUT2D eigenvalue weighted by atomic mass is 10.2. The van der Waals surface area contributed by atoms with E-state index < -0.39 is 10.0 Å². The normalized spacial score (nSPS) is 11.3. The molecule has 1 aromatic carbocycles. The zero-order valence-corrected chi connectivity index (χ0v) is 12.4. The summed E-state index contributed by atoms with van der Waals surface area (Å²) in [5.74, 6) is 0.588. The van der Waals surface area contributed by atoms with Crippen LogP contribution in [-0.2, 0) is 16.6 Å². The van der Waals surface area contributed by atoms with Crippen molar-refractivity contribution in [2.45, 2.75) is 18.4 Å². The van der Waals surface area contributed by atoms with Crippen LogP contribution >= 0.6 is 11.3 Å². The van der Waals surface area contributed by atoms with Crippen LogP contribution in [0.25, 0.3) is 0 Å². The van der Waals surface area contributed by atoms with Crippen LogP contribution in [0, 0.1) is 0 Å². The van der Waals surface area contributed by atoms with Crippen LogP contribution < -0.4 is 15.2 Å². The number of rotatable bonds is 6. The van der Waals surface area contributed by atoms with Crippen molar-refractivity contribution < 1.29 is 13.2 Å². The second-order valence-corrected chi connectivity index (χ2v) is 6.27. The van der Waals surface area contributed by atoms with E-state index in [4.69, 9.17) is 10.5 Å². The summed E-state index contributed by atoms with van der Waals surface area (Å²) < 4.78 is 32.1. The molecular weight excluding hydrogens is 300 g/mol. The van der Waals surface area contributed by atoms with E-state index in [2.05, 4.69) is 14.9 Å². The molecule has 0 aliphatic rings. The van der Waals surface area contributed by atoms with Crippen molar-refractivity contribution in [2.24, 2.45) is 5.73 Å². The van der Waals surface area contributed by atoms with E-state index in [0.717, 1.165) is 11.3 Å². The second kappa shape index (κ2) is 6.16. The van der Waals surface area contributed by atoms with Crippen molar-refractivity contribution in [3.05, 3.63) is 29.3 Å². The molecule has 1 heterocycles. The number of hydrogen-bond acceptors (Lipinski definition) is 7. The summed E-state index contributed by atoms with van der Waals surface area (Å²) in [5, 5.41) is 7.44. The summed E-state index contributed by atoms with van der Waals surface area (Å²) >= 11 is 1.10. The third-order valence-electron chi connectivity index (χ3n) is 2.44. The van der Waals surface area contributed by atoms with Crippen LogP contribution in [0.3, 0.4) is 0 Å². The van der Waals surface area contributed by atoms with Crippen LogP contribution in [0.4, 0.5) is 5.13 Å². The molecule has 0 aliphatic heterocycles. The zero-order chi connectivity index (χ0) is 14.6. The highest BCUT2D eigenvalue weighted by atomic mass is 32.2. The van der Waals surface area contributed by atoms with Gasteiger partial charge in [-0.25, -0.2) is 8.42 Å². The van der Waals surface area contributed by atoms with E-state index >= 15 is 0 Å². The minimum Gasteiger partial charge on any atom is -0.494 e. The SMILES string of the molecule is CCOc1ccc(S(=O)(=O)Nc2nncs2)cc1CN. The fraction of sp³-hybridized carbons (Fsp3) is 0.273. The molecule has 2 aromatic rings. The van der Waals surface area contributed by atoms with Gasteiger partial charge in [-0.05, 0) is 25.1 Å². The number of ether oxygens (including phenoxy) is 1. The van der Waals surface area contributed by atoms with Gasteiger partial charge in [0.1, 0.15) is 11.3 Å². The predicted octanol–water partition coefficient (Wildman–Crippen LogP) is 1.20. The molecular formula is C11H14N4O3S2. The molecule has 1 aromatic heterocycles. The van der Waals surface area contributed by atoms with Crippen LogP contribution in [0.1, 0.15) is 12.5 Å². The maximum Gasteiger partial charge on any atom is 0.263 e. The average molecular weight is 314 g/mol. The summed E-state index contributed by atoms with van der Waals surface area (Å²) in [6.07, 6.45) is 0. The quantitative estimate of drug-likeness (QED) is 0.829. The number of hydrogen-bond donors (Lipinski definition) is 2.